The van der Waals surface area contributed by atoms with E-state index in [1.54, 1.807) is 31.5 Å². The Labute approximate surface area is 170 Å². The highest BCUT2D eigenvalue weighted by atomic mass is 16.1. The average molecular weight is 388 g/mol. The molecule has 0 N–H and O–H groups in total. The van der Waals surface area contributed by atoms with E-state index >= 15 is 0 Å². The molecule has 0 saturated carbocycles. The standard InChI is InChI=1S/C23H24N4O2/c1-16(28)17-3-4-19-15-25-21(12-20(19)11-17)14-22(29)18-5-6-24-23(13-18)27-9-7-26(2)8-10-27/h3-6,11-13,15H,7-10,14H2,1-2H3. The second-order valence-electron chi connectivity index (χ2n) is 7.59. The third kappa shape index (κ3) is 4.32. The van der Waals surface area contributed by atoms with Gasteiger partial charge in [0.2, 0.25) is 0 Å². The van der Waals surface area contributed by atoms with Crippen LogP contribution in [0.15, 0.2) is 48.8 Å². The third-order valence-corrected chi connectivity index (χ3v) is 5.42. The molecule has 0 atom stereocenters. The van der Waals surface area contributed by atoms with Gasteiger partial charge in [-0.3, -0.25) is 14.6 Å². The minimum absolute atomic E-state index is 0.0114. The number of carbonyl (C=O) groups excluding carboxylic acids is 2. The maximum atomic E-state index is 12.9. The lowest BCUT2D eigenvalue weighted by atomic mass is 10.0. The number of piperazine rings is 1. The summed E-state index contributed by atoms with van der Waals surface area (Å²) >= 11 is 0. The summed E-state index contributed by atoms with van der Waals surface area (Å²) in [6.45, 7) is 5.35. The lowest BCUT2D eigenvalue weighted by Gasteiger charge is -2.33. The Morgan fingerprint density at radius 1 is 0.931 bits per heavy atom. The monoisotopic (exact) mass is 388 g/mol. The van der Waals surface area contributed by atoms with E-state index in [4.69, 9.17) is 0 Å². The maximum absolute atomic E-state index is 12.9. The van der Waals surface area contributed by atoms with Crippen molar-refractivity contribution >= 4 is 28.2 Å². The van der Waals surface area contributed by atoms with E-state index in [1.165, 1.54) is 0 Å². The van der Waals surface area contributed by atoms with E-state index < -0.39 is 0 Å². The molecule has 0 radical (unpaired) electrons. The molecule has 4 rings (SSSR count). The van der Waals surface area contributed by atoms with Crippen LogP contribution in [0, 0.1) is 0 Å². The molecule has 1 aromatic carbocycles. The normalized spacial score (nSPS) is 14.9. The summed E-state index contributed by atoms with van der Waals surface area (Å²) in [4.78, 5) is 37.9. The molecule has 6 heteroatoms. The molecule has 6 nitrogen and oxygen atoms in total. The van der Waals surface area contributed by atoms with Crippen molar-refractivity contribution in [2.45, 2.75) is 13.3 Å². The van der Waals surface area contributed by atoms with Gasteiger partial charge in [-0.15, -0.1) is 0 Å². The van der Waals surface area contributed by atoms with Crippen molar-refractivity contribution in [1.82, 2.24) is 14.9 Å². The number of aromatic nitrogens is 2. The van der Waals surface area contributed by atoms with Crippen LogP contribution < -0.4 is 4.90 Å². The number of anilines is 1. The van der Waals surface area contributed by atoms with Gasteiger partial charge in [0.25, 0.3) is 0 Å². The number of pyridine rings is 2. The largest absolute Gasteiger partial charge is 0.354 e. The molecule has 0 spiro atoms. The SMILES string of the molecule is CC(=O)c1ccc2cnc(CC(=O)c3ccnc(N4CCN(C)CC4)c3)cc2c1. The predicted molar refractivity (Wildman–Crippen MR) is 114 cm³/mol. The van der Waals surface area contributed by atoms with E-state index in [1.807, 2.05) is 24.3 Å². The van der Waals surface area contributed by atoms with Crippen molar-refractivity contribution < 1.29 is 9.59 Å². The van der Waals surface area contributed by atoms with Gasteiger partial charge in [0.1, 0.15) is 5.82 Å². The first kappa shape index (κ1) is 19.2. The van der Waals surface area contributed by atoms with Crippen LogP contribution in [0.1, 0.15) is 33.3 Å². The first-order chi connectivity index (χ1) is 14.0. The number of nitrogens with zero attached hydrogens (tertiary/aromatic N) is 4. The van der Waals surface area contributed by atoms with Crippen molar-refractivity contribution in [3.63, 3.8) is 0 Å². The Morgan fingerprint density at radius 3 is 2.48 bits per heavy atom. The van der Waals surface area contributed by atoms with Crippen LogP contribution in [0.25, 0.3) is 10.8 Å². The minimum atomic E-state index is 0.0114. The van der Waals surface area contributed by atoms with Gasteiger partial charge in [0, 0.05) is 60.8 Å². The summed E-state index contributed by atoms with van der Waals surface area (Å²) < 4.78 is 0. The fourth-order valence-electron chi connectivity index (χ4n) is 3.57. The Morgan fingerprint density at radius 2 is 1.72 bits per heavy atom. The second-order valence-corrected chi connectivity index (χ2v) is 7.59. The zero-order chi connectivity index (χ0) is 20.4. The number of ketones is 2. The number of benzene rings is 1. The molecule has 0 bridgehead atoms. The van der Waals surface area contributed by atoms with E-state index in [-0.39, 0.29) is 18.0 Å². The Kier molecular flexibility index (Phi) is 5.36. The highest BCUT2D eigenvalue weighted by molar-refractivity contribution is 6.00. The van der Waals surface area contributed by atoms with Gasteiger partial charge in [0.05, 0.1) is 6.42 Å². The Balaban J connectivity index is 1.53. The highest BCUT2D eigenvalue weighted by Crippen LogP contribution is 2.19. The van der Waals surface area contributed by atoms with Crippen molar-refractivity contribution in [2.24, 2.45) is 0 Å². The van der Waals surface area contributed by atoms with Crippen molar-refractivity contribution in [1.29, 1.82) is 0 Å². The Hall–Kier alpha value is -3.12. The van der Waals surface area contributed by atoms with E-state index in [2.05, 4.69) is 26.8 Å². The molecule has 148 valence electrons. The zero-order valence-electron chi connectivity index (χ0n) is 16.8. The third-order valence-electron chi connectivity index (χ3n) is 5.42. The zero-order valence-corrected chi connectivity index (χ0v) is 16.8. The molecule has 29 heavy (non-hydrogen) atoms. The first-order valence-corrected chi connectivity index (χ1v) is 9.82. The smallest absolute Gasteiger partial charge is 0.169 e. The molecule has 0 amide bonds. The summed E-state index contributed by atoms with van der Waals surface area (Å²) in [5.41, 5.74) is 2.00. The van der Waals surface area contributed by atoms with Crippen LogP contribution in [0.3, 0.4) is 0 Å². The molecule has 1 aliphatic heterocycles. The maximum Gasteiger partial charge on any atom is 0.169 e. The lowest BCUT2D eigenvalue weighted by Crippen LogP contribution is -2.44. The number of carbonyl (C=O) groups is 2. The molecular formula is C23H24N4O2. The highest BCUT2D eigenvalue weighted by Gasteiger charge is 2.17. The molecular weight excluding hydrogens is 364 g/mol. The molecule has 0 unspecified atom stereocenters. The van der Waals surface area contributed by atoms with Crippen LogP contribution >= 0.6 is 0 Å². The fraction of sp³-hybridized carbons (Fsp3) is 0.304. The van der Waals surface area contributed by atoms with Crippen LogP contribution in [0.5, 0.6) is 0 Å². The van der Waals surface area contributed by atoms with E-state index in [9.17, 15) is 9.59 Å². The van der Waals surface area contributed by atoms with Crippen molar-refractivity contribution in [3.05, 3.63) is 65.6 Å². The van der Waals surface area contributed by atoms with Gasteiger partial charge < -0.3 is 9.80 Å². The molecule has 0 aliphatic carbocycles. The fourth-order valence-corrected chi connectivity index (χ4v) is 3.57. The molecule has 2 aromatic heterocycles. The average Bonchev–Trinajstić information content (AvgIpc) is 2.73. The quantitative estimate of drug-likeness (QED) is 0.626. The molecule has 1 saturated heterocycles. The second kappa shape index (κ2) is 8.09. The van der Waals surface area contributed by atoms with Gasteiger partial charge in [-0.2, -0.15) is 0 Å². The van der Waals surface area contributed by atoms with Crippen LogP contribution in [0.4, 0.5) is 5.82 Å². The van der Waals surface area contributed by atoms with Gasteiger partial charge >= 0.3 is 0 Å². The summed E-state index contributed by atoms with van der Waals surface area (Å²) in [5, 5.41) is 1.87. The van der Waals surface area contributed by atoms with E-state index in [0.29, 0.717) is 16.8 Å². The van der Waals surface area contributed by atoms with Crippen molar-refractivity contribution in [2.75, 3.05) is 38.1 Å². The summed E-state index contributed by atoms with van der Waals surface area (Å²) in [6, 6.07) is 11.1. The number of Topliss-reactive ketones (excluding diaryl/α,β-unsaturated/α-hetero) is 2. The van der Waals surface area contributed by atoms with Gasteiger partial charge in [-0.1, -0.05) is 12.1 Å². The number of likely N-dealkylation sites (N-methyl/N-ethyl adjacent to an activating group) is 1. The molecule has 3 aromatic rings. The van der Waals surface area contributed by atoms with Crippen LogP contribution in [0.2, 0.25) is 0 Å². The van der Waals surface area contributed by atoms with Gasteiger partial charge in [-0.05, 0) is 43.6 Å². The summed E-state index contributed by atoms with van der Waals surface area (Å²) in [7, 11) is 2.11. The van der Waals surface area contributed by atoms with Crippen LogP contribution in [-0.4, -0.2) is 59.7 Å². The summed E-state index contributed by atoms with van der Waals surface area (Å²) in [6.07, 6.45) is 3.67. The lowest BCUT2D eigenvalue weighted by molar-refractivity contribution is 0.0989. The van der Waals surface area contributed by atoms with Gasteiger partial charge in [-0.25, -0.2) is 4.98 Å². The van der Waals surface area contributed by atoms with Crippen molar-refractivity contribution in [3.8, 4) is 0 Å². The summed E-state index contributed by atoms with van der Waals surface area (Å²) in [5.74, 6) is 0.883. The molecule has 1 fully saturated rings. The molecule has 3 heterocycles. The van der Waals surface area contributed by atoms with Gasteiger partial charge in [0.15, 0.2) is 11.6 Å². The molecule has 1 aliphatic rings. The predicted octanol–water partition coefficient (Wildman–Crippen LogP) is 3.01. The first-order valence-electron chi connectivity index (χ1n) is 9.82. The van der Waals surface area contributed by atoms with Crippen LogP contribution in [-0.2, 0) is 6.42 Å². The number of rotatable bonds is 5. The van der Waals surface area contributed by atoms with E-state index in [0.717, 1.165) is 42.8 Å². The minimum Gasteiger partial charge on any atom is -0.354 e. The topological polar surface area (TPSA) is 66.4 Å². The number of fused-ring (bicyclic) bond motifs is 1. The number of hydrogen-bond donors (Lipinski definition) is 0. The Bertz CT molecular complexity index is 1070. The number of hydrogen-bond acceptors (Lipinski definition) is 6.